The summed E-state index contributed by atoms with van der Waals surface area (Å²) in [7, 11) is 0. The Labute approximate surface area is 114 Å². The minimum atomic E-state index is -1.14. The Bertz CT molecular complexity index is 501. The second-order valence-electron chi connectivity index (χ2n) is 4.39. The molecule has 1 unspecified atom stereocenters. The lowest BCUT2D eigenvalue weighted by atomic mass is 10.1. The molecule has 0 aromatic carbocycles. The van der Waals surface area contributed by atoms with Crippen molar-refractivity contribution >= 4 is 17.9 Å². The lowest BCUT2D eigenvalue weighted by Gasteiger charge is -2.28. The molecule has 20 heavy (non-hydrogen) atoms. The molecule has 0 aliphatic carbocycles. The lowest BCUT2D eigenvalue weighted by Crippen LogP contribution is -2.56. The van der Waals surface area contributed by atoms with Gasteiger partial charge in [-0.15, -0.1) is 0 Å². The first-order valence-corrected chi connectivity index (χ1v) is 6.08. The van der Waals surface area contributed by atoms with E-state index < -0.39 is 18.0 Å². The number of hydrogen-bond donors (Lipinski definition) is 4. The number of urea groups is 1. The van der Waals surface area contributed by atoms with Crippen LogP contribution in [-0.2, 0) is 16.0 Å². The predicted octanol–water partition coefficient (Wildman–Crippen LogP) is -1.45. The molecule has 1 saturated heterocycles. The molecule has 0 radical (unpaired) electrons. The highest BCUT2D eigenvalue weighted by atomic mass is 16.4. The van der Waals surface area contributed by atoms with Crippen molar-refractivity contribution in [3.8, 4) is 0 Å². The van der Waals surface area contributed by atoms with Crippen molar-refractivity contribution in [2.45, 2.75) is 12.5 Å². The maximum atomic E-state index is 11.9. The fraction of sp³-hybridized carbons (Fsp3) is 0.455. The SMILES string of the molecule is O=C1CN(C(=O)NC(Cc2cnc[nH]2)C(=O)O)CCN1. The molecular formula is C11H15N5O4. The van der Waals surface area contributed by atoms with E-state index in [-0.39, 0.29) is 18.9 Å². The molecule has 1 aromatic rings. The van der Waals surface area contributed by atoms with Gasteiger partial charge in [0.25, 0.3) is 0 Å². The second-order valence-corrected chi connectivity index (χ2v) is 4.39. The molecular weight excluding hydrogens is 266 g/mol. The first-order valence-electron chi connectivity index (χ1n) is 6.08. The molecule has 0 saturated carbocycles. The minimum Gasteiger partial charge on any atom is -0.480 e. The summed E-state index contributed by atoms with van der Waals surface area (Å²) >= 11 is 0. The van der Waals surface area contributed by atoms with Crippen molar-refractivity contribution < 1.29 is 19.5 Å². The molecule has 108 valence electrons. The lowest BCUT2D eigenvalue weighted by molar-refractivity contribution is -0.139. The average molecular weight is 281 g/mol. The number of aromatic nitrogens is 2. The highest BCUT2D eigenvalue weighted by Crippen LogP contribution is 2.01. The minimum absolute atomic E-state index is 0.0672. The summed E-state index contributed by atoms with van der Waals surface area (Å²) in [6, 6.07) is -1.64. The first kappa shape index (κ1) is 13.8. The average Bonchev–Trinajstić information content (AvgIpc) is 2.90. The van der Waals surface area contributed by atoms with Crippen LogP contribution in [-0.4, -0.2) is 63.6 Å². The maximum Gasteiger partial charge on any atom is 0.326 e. The molecule has 1 fully saturated rings. The summed E-state index contributed by atoms with van der Waals surface area (Å²) in [5.74, 6) is -1.40. The Morgan fingerprint density at radius 3 is 2.95 bits per heavy atom. The Hall–Kier alpha value is -2.58. The summed E-state index contributed by atoms with van der Waals surface area (Å²) in [6.07, 6.45) is 3.03. The zero-order valence-corrected chi connectivity index (χ0v) is 10.6. The van der Waals surface area contributed by atoms with E-state index in [2.05, 4.69) is 20.6 Å². The number of nitrogens with one attached hydrogen (secondary N) is 3. The molecule has 1 aromatic heterocycles. The van der Waals surface area contributed by atoms with E-state index in [0.717, 1.165) is 0 Å². The number of hydrogen-bond acceptors (Lipinski definition) is 4. The fourth-order valence-corrected chi connectivity index (χ4v) is 1.87. The van der Waals surface area contributed by atoms with Crippen LogP contribution in [0.3, 0.4) is 0 Å². The largest absolute Gasteiger partial charge is 0.480 e. The molecule has 2 heterocycles. The highest BCUT2D eigenvalue weighted by molar-refractivity contribution is 5.87. The van der Waals surface area contributed by atoms with Crippen LogP contribution in [0.25, 0.3) is 0 Å². The smallest absolute Gasteiger partial charge is 0.326 e. The number of imidazole rings is 1. The second kappa shape index (κ2) is 6.04. The van der Waals surface area contributed by atoms with Crippen LogP contribution in [0.4, 0.5) is 4.79 Å². The van der Waals surface area contributed by atoms with Crippen LogP contribution >= 0.6 is 0 Å². The number of aliphatic carboxylic acids is 1. The number of rotatable bonds is 4. The van der Waals surface area contributed by atoms with Crippen LogP contribution in [0, 0.1) is 0 Å². The molecule has 2 rings (SSSR count). The van der Waals surface area contributed by atoms with E-state index in [1.165, 1.54) is 17.4 Å². The van der Waals surface area contributed by atoms with E-state index in [1.807, 2.05) is 0 Å². The van der Waals surface area contributed by atoms with E-state index in [1.54, 1.807) is 0 Å². The third-order valence-electron chi connectivity index (χ3n) is 2.90. The summed E-state index contributed by atoms with van der Waals surface area (Å²) in [5.41, 5.74) is 0.606. The summed E-state index contributed by atoms with van der Waals surface area (Å²) in [5, 5.41) is 14.1. The van der Waals surface area contributed by atoms with Crippen molar-refractivity contribution in [2.24, 2.45) is 0 Å². The van der Waals surface area contributed by atoms with Gasteiger partial charge in [-0.25, -0.2) is 14.6 Å². The highest BCUT2D eigenvalue weighted by Gasteiger charge is 2.26. The van der Waals surface area contributed by atoms with Gasteiger partial charge in [-0.05, 0) is 0 Å². The van der Waals surface area contributed by atoms with E-state index >= 15 is 0 Å². The van der Waals surface area contributed by atoms with Gasteiger partial charge in [0.1, 0.15) is 12.6 Å². The number of carbonyl (C=O) groups is 3. The predicted molar refractivity (Wildman–Crippen MR) is 66.8 cm³/mol. The van der Waals surface area contributed by atoms with E-state index in [4.69, 9.17) is 5.11 Å². The summed E-state index contributed by atoms with van der Waals surface area (Å²) < 4.78 is 0. The monoisotopic (exact) mass is 281 g/mol. The van der Waals surface area contributed by atoms with Crippen LogP contribution in [0.1, 0.15) is 5.69 Å². The number of nitrogens with zero attached hydrogens (tertiary/aromatic N) is 2. The molecule has 1 aliphatic heterocycles. The first-order chi connectivity index (χ1) is 9.56. The molecule has 9 nitrogen and oxygen atoms in total. The zero-order valence-electron chi connectivity index (χ0n) is 10.6. The van der Waals surface area contributed by atoms with Crippen LogP contribution < -0.4 is 10.6 Å². The quantitative estimate of drug-likeness (QED) is 0.536. The maximum absolute atomic E-state index is 11.9. The number of amides is 3. The van der Waals surface area contributed by atoms with Crippen molar-refractivity contribution in [1.29, 1.82) is 0 Å². The van der Waals surface area contributed by atoms with Gasteiger partial charge in [-0.2, -0.15) is 0 Å². The topological polar surface area (TPSA) is 127 Å². The van der Waals surface area contributed by atoms with E-state index in [9.17, 15) is 14.4 Å². The summed E-state index contributed by atoms with van der Waals surface area (Å²) in [4.78, 5) is 42.1. The Morgan fingerprint density at radius 1 is 1.55 bits per heavy atom. The van der Waals surface area contributed by atoms with Crippen LogP contribution in [0.5, 0.6) is 0 Å². The van der Waals surface area contributed by atoms with Crippen molar-refractivity contribution in [3.63, 3.8) is 0 Å². The third kappa shape index (κ3) is 3.46. The van der Waals surface area contributed by atoms with Crippen LogP contribution in [0.15, 0.2) is 12.5 Å². The number of carboxylic acids is 1. The normalized spacial score (nSPS) is 16.4. The number of carbonyl (C=O) groups excluding carboxylic acids is 2. The molecule has 1 aliphatic rings. The molecule has 1 atom stereocenters. The van der Waals surface area contributed by atoms with Crippen molar-refractivity contribution in [1.82, 2.24) is 25.5 Å². The van der Waals surface area contributed by atoms with Gasteiger partial charge in [0.15, 0.2) is 0 Å². The molecule has 4 N–H and O–H groups in total. The zero-order chi connectivity index (χ0) is 14.5. The van der Waals surface area contributed by atoms with Gasteiger partial charge in [0, 0.05) is 31.4 Å². The van der Waals surface area contributed by atoms with Crippen molar-refractivity contribution in [3.05, 3.63) is 18.2 Å². The van der Waals surface area contributed by atoms with Gasteiger partial charge >= 0.3 is 12.0 Å². The van der Waals surface area contributed by atoms with Gasteiger partial charge in [-0.3, -0.25) is 4.79 Å². The Kier molecular flexibility index (Phi) is 4.18. The van der Waals surface area contributed by atoms with Crippen molar-refractivity contribution in [2.75, 3.05) is 19.6 Å². The summed E-state index contributed by atoms with van der Waals surface area (Å²) in [6.45, 7) is 0.654. The van der Waals surface area contributed by atoms with Crippen LogP contribution in [0.2, 0.25) is 0 Å². The Balaban J connectivity index is 1.95. The molecule has 0 spiro atoms. The molecule has 3 amide bonds. The third-order valence-corrected chi connectivity index (χ3v) is 2.90. The number of carboxylic acid groups (broad SMARTS) is 1. The Morgan fingerprint density at radius 2 is 2.35 bits per heavy atom. The van der Waals surface area contributed by atoms with Gasteiger partial charge in [-0.1, -0.05) is 0 Å². The van der Waals surface area contributed by atoms with Gasteiger partial charge < -0.3 is 25.6 Å². The van der Waals surface area contributed by atoms with Gasteiger partial charge in [0.2, 0.25) is 5.91 Å². The molecule has 9 heteroatoms. The van der Waals surface area contributed by atoms with Gasteiger partial charge in [0.05, 0.1) is 6.33 Å². The van der Waals surface area contributed by atoms with E-state index in [0.29, 0.717) is 18.8 Å². The number of aromatic amines is 1. The number of H-pyrrole nitrogens is 1. The standard InChI is InChI=1S/C11H15N5O4/c17-9-5-16(2-1-13-9)11(20)15-8(10(18)19)3-7-4-12-6-14-7/h4,6,8H,1-3,5H2,(H,12,14)(H,13,17)(H,15,20)(H,18,19). The molecule has 0 bridgehead atoms. The number of piperazine rings is 1. The fourth-order valence-electron chi connectivity index (χ4n) is 1.87.